The first-order valence-electron chi connectivity index (χ1n) is 9.63. The number of carbonyl (C=O) groups is 2. The summed E-state index contributed by atoms with van der Waals surface area (Å²) in [4.78, 5) is 30.8. The number of ether oxygens (including phenoxy) is 2. The number of hydrogen-bond donors (Lipinski definition) is 2. The monoisotopic (exact) mass is 401 g/mol. The molecule has 0 radical (unpaired) electrons. The van der Waals surface area contributed by atoms with E-state index in [4.69, 9.17) is 9.47 Å². The number of quaternary nitrogens is 1. The molecule has 3 amide bonds. The molecule has 0 saturated carbocycles. The van der Waals surface area contributed by atoms with Crippen molar-refractivity contribution in [2.24, 2.45) is 0 Å². The van der Waals surface area contributed by atoms with Crippen molar-refractivity contribution in [3.63, 3.8) is 0 Å². The third-order valence-corrected chi connectivity index (χ3v) is 5.24. The van der Waals surface area contributed by atoms with Gasteiger partial charge in [-0.25, -0.2) is 4.79 Å². The molecule has 8 nitrogen and oxygen atoms in total. The van der Waals surface area contributed by atoms with Crippen LogP contribution in [0, 0.1) is 0 Å². The Balaban J connectivity index is 2.06. The van der Waals surface area contributed by atoms with Crippen LogP contribution >= 0.6 is 0 Å². The summed E-state index contributed by atoms with van der Waals surface area (Å²) in [5, 5.41) is 2.97. The fourth-order valence-electron chi connectivity index (χ4n) is 3.71. The van der Waals surface area contributed by atoms with Crippen molar-refractivity contribution >= 4 is 11.9 Å². The summed E-state index contributed by atoms with van der Waals surface area (Å²) in [5.41, 5.74) is 1.99. The van der Waals surface area contributed by atoms with E-state index in [9.17, 15) is 9.59 Å². The molecule has 3 rings (SSSR count). The number of methoxy groups -OCH3 is 2. The fourth-order valence-corrected chi connectivity index (χ4v) is 3.71. The number of carbonyl (C=O) groups excluding carboxylic acids is 2. The quantitative estimate of drug-likeness (QED) is 0.610. The number of urea groups is 1. The van der Waals surface area contributed by atoms with Gasteiger partial charge < -0.3 is 24.6 Å². The number of likely N-dealkylation sites (N-methyl/N-ethyl adjacent to an activating group) is 1. The molecular weight excluding hydrogens is 372 g/mol. The highest BCUT2D eigenvalue weighted by Gasteiger charge is 2.44. The largest absolute Gasteiger partial charge is 0.497 e. The van der Waals surface area contributed by atoms with E-state index in [1.807, 2.05) is 14.1 Å². The van der Waals surface area contributed by atoms with Gasteiger partial charge in [-0.2, -0.15) is 0 Å². The van der Waals surface area contributed by atoms with Crippen molar-refractivity contribution in [1.82, 2.24) is 15.1 Å². The minimum Gasteiger partial charge on any atom is -0.497 e. The number of rotatable bonds is 8. The highest BCUT2D eigenvalue weighted by Crippen LogP contribution is 2.40. The molecule has 1 atom stereocenters. The second kappa shape index (κ2) is 8.57. The zero-order chi connectivity index (χ0) is 21.1. The van der Waals surface area contributed by atoms with Crippen LogP contribution in [0.1, 0.15) is 11.6 Å². The van der Waals surface area contributed by atoms with E-state index >= 15 is 0 Å². The van der Waals surface area contributed by atoms with Crippen LogP contribution in [0.25, 0.3) is 0 Å². The smallest absolute Gasteiger partial charge is 0.322 e. The Bertz CT molecular complexity index is 849. The Morgan fingerprint density at radius 1 is 1.28 bits per heavy atom. The van der Waals surface area contributed by atoms with Crippen LogP contribution in [-0.4, -0.2) is 76.2 Å². The summed E-state index contributed by atoms with van der Waals surface area (Å²) in [6, 6.07) is 4.51. The Labute approximate surface area is 171 Å². The molecular formula is C21H29N4O4+. The van der Waals surface area contributed by atoms with Crippen molar-refractivity contribution in [1.29, 1.82) is 0 Å². The van der Waals surface area contributed by atoms with Crippen molar-refractivity contribution in [3.8, 4) is 11.5 Å². The van der Waals surface area contributed by atoms with Crippen LogP contribution < -0.4 is 19.7 Å². The molecule has 0 spiro atoms. The van der Waals surface area contributed by atoms with Crippen molar-refractivity contribution in [2.45, 2.75) is 6.04 Å². The third kappa shape index (κ3) is 3.93. The SMILES string of the molecule is C=CCN1C(=O)N[C@@H](c2cc(OC)ccc2OC)C2=C1CN(CC[NH+](C)C)C2=O. The Hall–Kier alpha value is -3.00. The maximum atomic E-state index is 13.3. The van der Waals surface area contributed by atoms with Gasteiger partial charge in [0.2, 0.25) is 0 Å². The maximum Gasteiger partial charge on any atom is 0.322 e. The highest BCUT2D eigenvalue weighted by molar-refractivity contribution is 6.01. The Morgan fingerprint density at radius 2 is 2.03 bits per heavy atom. The number of amides is 3. The second-order valence-electron chi connectivity index (χ2n) is 7.43. The van der Waals surface area contributed by atoms with E-state index in [1.54, 1.807) is 48.3 Å². The summed E-state index contributed by atoms with van der Waals surface area (Å²) in [5.74, 6) is 1.15. The molecule has 2 aliphatic heterocycles. The summed E-state index contributed by atoms with van der Waals surface area (Å²) in [6.07, 6.45) is 1.66. The predicted octanol–water partition coefficient (Wildman–Crippen LogP) is 0.197. The predicted molar refractivity (Wildman–Crippen MR) is 109 cm³/mol. The van der Waals surface area contributed by atoms with Gasteiger partial charge in [-0.3, -0.25) is 9.69 Å². The van der Waals surface area contributed by atoms with E-state index in [1.165, 1.54) is 4.90 Å². The van der Waals surface area contributed by atoms with Gasteiger partial charge in [-0.05, 0) is 18.2 Å². The lowest BCUT2D eigenvalue weighted by atomic mass is 9.94. The first kappa shape index (κ1) is 20.7. The minimum atomic E-state index is -0.604. The molecule has 0 fully saturated rings. The zero-order valence-electron chi connectivity index (χ0n) is 17.4. The molecule has 156 valence electrons. The van der Waals surface area contributed by atoms with E-state index in [0.29, 0.717) is 42.3 Å². The normalized spacial score (nSPS) is 18.9. The van der Waals surface area contributed by atoms with Gasteiger partial charge in [0, 0.05) is 12.1 Å². The molecule has 1 aromatic rings. The van der Waals surface area contributed by atoms with Gasteiger partial charge in [0.05, 0.1) is 65.3 Å². The van der Waals surface area contributed by atoms with E-state index < -0.39 is 6.04 Å². The average molecular weight is 401 g/mol. The molecule has 8 heteroatoms. The van der Waals surface area contributed by atoms with Gasteiger partial charge in [0.25, 0.3) is 5.91 Å². The fraction of sp³-hybridized carbons (Fsp3) is 0.429. The second-order valence-corrected chi connectivity index (χ2v) is 7.43. The minimum absolute atomic E-state index is 0.0646. The van der Waals surface area contributed by atoms with Crippen molar-refractivity contribution in [2.75, 3.05) is 54.5 Å². The molecule has 0 unspecified atom stereocenters. The molecule has 2 N–H and O–H groups in total. The van der Waals surface area contributed by atoms with Gasteiger partial charge in [0.1, 0.15) is 11.5 Å². The Morgan fingerprint density at radius 3 is 2.66 bits per heavy atom. The Kier molecular flexibility index (Phi) is 6.12. The molecule has 2 aliphatic rings. The van der Waals surface area contributed by atoms with Crippen LogP contribution in [0.3, 0.4) is 0 Å². The van der Waals surface area contributed by atoms with E-state index in [0.717, 1.165) is 12.2 Å². The van der Waals surface area contributed by atoms with Gasteiger partial charge in [-0.1, -0.05) is 6.08 Å². The molecule has 0 aromatic heterocycles. The van der Waals surface area contributed by atoms with Crippen LogP contribution in [0.5, 0.6) is 11.5 Å². The lowest BCUT2D eigenvalue weighted by Crippen LogP contribution is -3.06. The number of nitrogens with one attached hydrogen (secondary N) is 2. The van der Waals surface area contributed by atoms with Crippen LogP contribution in [-0.2, 0) is 4.79 Å². The van der Waals surface area contributed by atoms with Crippen LogP contribution in [0.2, 0.25) is 0 Å². The summed E-state index contributed by atoms with van der Waals surface area (Å²) in [6.45, 7) is 5.93. The van der Waals surface area contributed by atoms with Gasteiger partial charge >= 0.3 is 6.03 Å². The lowest BCUT2D eigenvalue weighted by molar-refractivity contribution is -0.857. The van der Waals surface area contributed by atoms with Crippen LogP contribution in [0.15, 0.2) is 42.1 Å². The van der Waals surface area contributed by atoms with Crippen molar-refractivity contribution in [3.05, 3.63) is 47.7 Å². The lowest BCUT2D eigenvalue weighted by Gasteiger charge is -2.33. The third-order valence-electron chi connectivity index (χ3n) is 5.24. The molecule has 0 saturated heterocycles. The molecule has 0 bridgehead atoms. The molecule has 29 heavy (non-hydrogen) atoms. The highest BCUT2D eigenvalue weighted by atomic mass is 16.5. The van der Waals surface area contributed by atoms with E-state index in [2.05, 4.69) is 11.9 Å². The van der Waals surface area contributed by atoms with Gasteiger partial charge in [-0.15, -0.1) is 6.58 Å². The molecule has 0 aliphatic carbocycles. The number of benzene rings is 1. The summed E-state index contributed by atoms with van der Waals surface area (Å²) < 4.78 is 10.9. The molecule has 1 aromatic carbocycles. The maximum absolute atomic E-state index is 13.3. The topological polar surface area (TPSA) is 75.6 Å². The summed E-state index contributed by atoms with van der Waals surface area (Å²) >= 11 is 0. The first-order valence-corrected chi connectivity index (χ1v) is 9.63. The molecule has 2 heterocycles. The van der Waals surface area contributed by atoms with Crippen molar-refractivity contribution < 1.29 is 24.0 Å². The standard InChI is InChI=1S/C21H28N4O4/c1-6-9-25-16-13-24(11-10-23(2)3)20(26)18(16)19(22-21(25)27)15-12-14(28-4)7-8-17(15)29-5/h6-8,12,19H,1,9-11,13H2,2-5H3,(H,22,27)/p+1/t19-/m0/s1. The average Bonchev–Trinajstić information content (AvgIpc) is 3.04. The first-order chi connectivity index (χ1) is 13.9. The number of hydrogen-bond acceptors (Lipinski definition) is 4. The zero-order valence-corrected chi connectivity index (χ0v) is 17.4. The number of nitrogens with zero attached hydrogens (tertiary/aromatic N) is 2. The van der Waals surface area contributed by atoms with E-state index in [-0.39, 0.29) is 11.9 Å². The van der Waals surface area contributed by atoms with Gasteiger partial charge in [0.15, 0.2) is 0 Å². The summed E-state index contributed by atoms with van der Waals surface area (Å²) in [7, 11) is 7.24. The van der Waals surface area contributed by atoms with Crippen LogP contribution in [0.4, 0.5) is 4.79 Å².